The first-order valence-electron chi connectivity index (χ1n) is 20.1. The summed E-state index contributed by atoms with van der Waals surface area (Å²) in [5.74, 6) is -1.40. The van der Waals surface area contributed by atoms with Gasteiger partial charge in [-0.3, -0.25) is 4.79 Å². The van der Waals surface area contributed by atoms with Crippen LogP contribution in [0.3, 0.4) is 0 Å². The van der Waals surface area contributed by atoms with Gasteiger partial charge in [0.1, 0.15) is 19.3 Å². The van der Waals surface area contributed by atoms with Crippen LogP contribution in [-0.2, 0) is 45.1 Å². The van der Waals surface area contributed by atoms with Crippen LogP contribution in [0, 0.1) is 11.8 Å². The highest BCUT2D eigenvalue weighted by Gasteiger charge is 2.30. The molecule has 0 saturated carbocycles. The maximum Gasteiger partial charge on any atom is 0.329 e. The van der Waals surface area contributed by atoms with Crippen molar-refractivity contribution in [3.8, 4) is 22.3 Å². The van der Waals surface area contributed by atoms with Gasteiger partial charge in [0.2, 0.25) is 0 Å². The lowest BCUT2D eigenvalue weighted by atomic mass is 9.98. The van der Waals surface area contributed by atoms with Gasteiger partial charge >= 0.3 is 18.0 Å². The summed E-state index contributed by atoms with van der Waals surface area (Å²) < 4.78 is 11.6. The molecule has 7 nitrogen and oxygen atoms in total. The van der Waals surface area contributed by atoms with Crippen molar-refractivity contribution < 1.29 is 23.9 Å². The molecule has 6 aromatic rings. The van der Waals surface area contributed by atoms with Crippen molar-refractivity contribution in [2.24, 2.45) is 11.8 Å². The smallest absolute Gasteiger partial charge is 0.329 e. The maximum atomic E-state index is 14.3. The van der Waals surface area contributed by atoms with Gasteiger partial charge in [-0.2, -0.15) is 0 Å². The Morgan fingerprint density at radius 3 is 1.43 bits per heavy atom. The van der Waals surface area contributed by atoms with Crippen molar-refractivity contribution in [3.05, 3.63) is 192 Å². The minimum absolute atomic E-state index is 0.0779. The van der Waals surface area contributed by atoms with Crippen LogP contribution in [0.25, 0.3) is 22.3 Å². The van der Waals surface area contributed by atoms with Crippen LogP contribution in [-0.4, -0.2) is 42.0 Å². The van der Waals surface area contributed by atoms with Crippen molar-refractivity contribution in [1.29, 1.82) is 0 Å². The third-order valence-electron chi connectivity index (χ3n) is 10.0. The van der Waals surface area contributed by atoms with E-state index in [-0.39, 0.29) is 38.1 Å². The molecule has 0 spiro atoms. The molecule has 58 heavy (non-hydrogen) atoms. The van der Waals surface area contributed by atoms with E-state index >= 15 is 0 Å². The van der Waals surface area contributed by atoms with Crippen LogP contribution in [0.1, 0.15) is 42.5 Å². The zero-order valence-electron chi connectivity index (χ0n) is 33.3. The summed E-state index contributed by atoms with van der Waals surface area (Å²) in [7, 11) is 0. The van der Waals surface area contributed by atoms with Crippen LogP contribution in [0.5, 0.6) is 0 Å². The van der Waals surface area contributed by atoms with Gasteiger partial charge in [0.25, 0.3) is 0 Å². The number of ether oxygens (including phenoxy) is 2. The summed E-state index contributed by atoms with van der Waals surface area (Å²) in [6.07, 6.45) is 1.35. The monoisotopic (exact) mass is 772 g/mol. The molecule has 7 heteroatoms. The topological polar surface area (TPSA) is 84.9 Å². The number of benzene rings is 6. The fourth-order valence-electron chi connectivity index (χ4n) is 6.88. The molecule has 0 aliphatic carbocycles. The van der Waals surface area contributed by atoms with Gasteiger partial charge in [-0.05, 0) is 63.3 Å². The lowest BCUT2D eigenvalue weighted by Gasteiger charge is -2.30. The van der Waals surface area contributed by atoms with Gasteiger partial charge in [-0.15, -0.1) is 0 Å². The van der Waals surface area contributed by atoms with Gasteiger partial charge in [0, 0.05) is 19.5 Å². The molecule has 6 rings (SSSR count). The second kappa shape index (κ2) is 21.2. The molecular formula is C51H52N2O5. The summed E-state index contributed by atoms with van der Waals surface area (Å²) in [6, 6.07) is 54.3. The van der Waals surface area contributed by atoms with Crippen molar-refractivity contribution >= 4 is 18.0 Å². The number of urea groups is 1. The fourth-order valence-corrected chi connectivity index (χ4v) is 6.88. The number of carbonyl (C=O) groups excluding carboxylic acids is 3. The molecule has 0 aliphatic rings. The molecule has 0 saturated heterocycles. The second-order valence-corrected chi connectivity index (χ2v) is 15.1. The zero-order chi connectivity index (χ0) is 40.5. The molecule has 1 N–H and O–H groups in total. The van der Waals surface area contributed by atoms with E-state index in [4.69, 9.17) is 9.47 Å². The second-order valence-electron chi connectivity index (χ2n) is 15.1. The van der Waals surface area contributed by atoms with Gasteiger partial charge in [-0.25, -0.2) is 9.59 Å². The first-order chi connectivity index (χ1) is 28.3. The molecule has 1 unspecified atom stereocenters. The Balaban J connectivity index is 1.19. The third-order valence-corrected chi connectivity index (χ3v) is 10.0. The molecule has 296 valence electrons. The number of amides is 2. The molecule has 2 amide bonds. The van der Waals surface area contributed by atoms with Gasteiger partial charge in [-0.1, -0.05) is 184 Å². The zero-order valence-corrected chi connectivity index (χ0v) is 33.3. The minimum atomic E-state index is -0.977. The van der Waals surface area contributed by atoms with E-state index in [1.54, 1.807) is 4.90 Å². The normalized spacial score (nSPS) is 12.0. The Hall–Kier alpha value is -6.47. The Morgan fingerprint density at radius 2 is 0.931 bits per heavy atom. The number of nitrogens with one attached hydrogen (secondary N) is 1. The molecule has 0 heterocycles. The van der Waals surface area contributed by atoms with Crippen LogP contribution in [0.4, 0.5) is 4.79 Å². The van der Waals surface area contributed by atoms with Crippen LogP contribution < -0.4 is 5.32 Å². The van der Waals surface area contributed by atoms with Gasteiger partial charge < -0.3 is 19.7 Å². The lowest BCUT2D eigenvalue weighted by Crippen LogP contribution is -2.52. The number of esters is 2. The third kappa shape index (κ3) is 12.5. The minimum Gasteiger partial charge on any atom is -0.461 e. The van der Waals surface area contributed by atoms with Crippen molar-refractivity contribution in [2.75, 3.05) is 13.1 Å². The van der Waals surface area contributed by atoms with Gasteiger partial charge in [0.15, 0.2) is 0 Å². The molecule has 0 bridgehead atoms. The number of carbonyl (C=O) groups is 3. The molecule has 0 aromatic heterocycles. The van der Waals surface area contributed by atoms with E-state index in [2.05, 4.69) is 41.7 Å². The Bertz CT molecular complexity index is 2160. The Morgan fingerprint density at radius 1 is 0.500 bits per heavy atom. The first kappa shape index (κ1) is 41.2. The number of hydrogen-bond acceptors (Lipinski definition) is 5. The molecule has 0 aliphatic heterocycles. The van der Waals surface area contributed by atoms with Crippen LogP contribution in [0.15, 0.2) is 170 Å². The summed E-state index contributed by atoms with van der Waals surface area (Å²) in [6.45, 7) is 4.78. The molecule has 6 aromatic carbocycles. The average Bonchev–Trinajstić information content (AvgIpc) is 3.27. The first-order valence-corrected chi connectivity index (χ1v) is 20.1. The largest absolute Gasteiger partial charge is 0.461 e. The van der Waals surface area contributed by atoms with E-state index in [1.165, 1.54) is 0 Å². The highest BCUT2D eigenvalue weighted by Crippen LogP contribution is 2.26. The average molecular weight is 773 g/mol. The number of rotatable bonds is 18. The molecule has 2 atom stereocenters. The molecular weight excluding hydrogens is 721 g/mol. The predicted octanol–water partition coefficient (Wildman–Crippen LogP) is 10.3. The van der Waals surface area contributed by atoms with E-state index in [1.807, 2.05) is 147 Å². The van der Waals surface area contributed by atoms with E-state index in [0.29, 0.717) is 19.4 Å². The Labute approximate surface area is 342 Å². The highest BCUT2D eigenvalue weighted by molar-refractivity contribution is 5.84. The Kier molecular flexibility index (Phi) is 15.0. The molecule has 0 fully saturated rings. The van der Waals surface area contributed by atoms with Crippen molar-refractivity contribution in [1.82, 2.24) is 10.2 Å². The van der Waals surface area contributed by atoms with Crippen molar-refractivity contribution in [3.63, 3.8) is 0 Å². The lowest BCUT2D eigenvalue weighted by molar-refractivity contribution is -0.151. The van der Waals surface area contributed by atoms with Crippen molar-refractivity contribution in [2.45, 2.75) is 52.4 Å². The van der Waals surface area contributed by atoms with Gasteiger partial charge in [0.05, 0.1) is 5.92 Å². The maximum absolute atomic E-state index is 14.3. The quantitative estimate of drug-likeness (QED) is 0.0880. The standard InChI is InChI=1S/C51H52N2O5/c1-38(2)34-53(35-47(28-23-39-15-7-3-8-16-39)49(54)57-36-41-17-9-4-10-18-41)51(56)52-48(50(55)58-37-42-19-11-5-12-20-42)33-40-24-26-44(27-25-40)46-31-29-45(30-32-46)43-21-13-6-14-22-43/h3-22,24-27,29-32,38,47-48H,23,28,33-37H2,1-2H3,(H,52,56)/t47?,48-/m0/s1. The van der Waals surface area contributed by atoms with Crippen LogP contribution >= 0.6 is 0 Å². The number of hydrogen-bond donors (Lipinski definition) is 1. The summed E-state index contributed by atoms with van der Waals surface area (Å²) >= 11 is 0. The van der Waals surface area contributed by atoms with E-state index in [9.17, 15) is 14.4 Å². The fraction of sp³-hybridized carbons (Fsp3) is 0.235. The van der Waals surface area contributed by atoms with Crippen LogP contribution in [0.2, 0.25) is 0 Å². The van der Waals surface area contributed by atoms with E-state index < -0.39 is 24.0 Å². The molecule has 0 radical (unpaired) electrons. The van der Waals surface area contributed by atoms with E-state index in [0.717, 1.165) is 44.5 Å². The number of nitrogens with zero attached hydrogens (tertiary/aromatic N) is 1. The summed E-state index contributed by atoms with van der Waals surface area (Å²) in [5.41, 5.74) is 8.12. The number of aryl methyl sites for hydroxylation is 1. The summed E-state index contributed by atoms with van der Waals surface area (Å²) in [5, 5.41) is 3.01. The highest BCUT2D eigenvalue weighted by atomic mass is 16.5. The predicted molar refractivity (Wildman–Crippen MR) is 230 cm³/mol. The SMILES string of the molecule is CC(C)CN(CC(CCc1ccccc1)C(=O)OCc1ccccc1)C(=O)N[C@@H](Cc1ccc(-c2ccc(-c3ccccc3)cc2)cc1)C(=O)OCc1ccccc1. The summed E-state index contributed by atoms with van der Waals surface area (Å²) in [4.78, 5) is 43.5.